The number of nitrogens with one attached hydrogen (secondary N) is 1. The summed E-state index contributed by atoms with van der Waals surface area (Å²) >= 11 is 0. The predicted octanol–water partition coefficient (Wildman–Crippen LogP) is 3.71. The summed E-state index contributed by atoms with van der Waals surface area (Å²) in [6, 6.07) is 18.0. The number of carbonyl (C=O) groups is 1. The van der Waals surface area contributed by atoms with Crippen LogP contribution < -0.4 is 11.1 Å². The van der Waals surface area contributed by atoms with Crippen LogP contribution in [0.2, 0.25) is 0 Å². The maximum atomic E-state index is 10.7. The zero-order valence-electron chi connectivity index (χ0n) is 13.0. The van der Waals surface area contributed by atoms with Gasteiger partial charge in [0.1, 0.15) is 0 Å². The SMILES string of the molecule is CC(=O)NC(C)c1ccccc1.CCc1cccc(N)c1. The Bertz CT molecular complexity index is 552. The van der Waals surface area contributed by atoms with Crippen molar-refractivity contribution in [2.24, 2.45) is 0 Å². The molecule has 0 aromatic heterocycles. The lowest BCUT2D eigenvalue weighted by Crippen LogP contribution is -2.23. The minimum Gasteiger partial charge on any atom is -0.399 e. The highest BCUT2D eigenvalue weighted by Crippen LogP contribution is 2.10. The van der Waals surface area contributed by atoms with E-state index in [1.165, 1.54) is 12.5 Å². The summed E-state index contributed by atoms with van der Waals surface area (Å²) in [5.41, 5.74) is 8.82. The third-order valence-corrected chi connectivity index (χ3v) is 3.08. The Hall–Kier alpha value is -2.29. The topological polar surface area (TPSA) is 55.1 Å². The molecule has 1 unspecified atom stereocenters. The van der Waals surface area contributed by atoms with Gasteiger partial charge in [-0.3, -0.25) is 4.79 Å². The number of nitrogens with two attached hydrogens (primary N) is 1. The smallest absolute Gasteiger partial charge is 0.217 e. The van der Waals surface area contributed by atoms with Gasteiger partial charge in [0.2, 0.25) is 5.91 Å². The molecule has 0 aliphatic rings. The van der Waals surface area contributed by atoms with Gasteiger partial charge in [-0.15, -0.1) is 0 Å². The highest BCUT2D eigenvalue weighted by atomic mass is 16.1. The van der Waals surface area contributed by atoms with Crippen LogP contribution in [0.4, 0.5) is 5.69 Å². The summed E-state index contributed by atoms with van der Waals surface area (Å²) in [4.78, 5) is 10.7. The first-order valence-corrected chi connectivity index (χ1v) is 7.19. The highest BCUT2D eigenvalue weighted by Gasteiger charge is 2.03. The van der Waals surface area contributed by atoms with Crippen molar-refractivity contribution < 1.29 is 4.79 Å². The molecule has 112 valence electrons. The first-order valence-electron chi connectivity index (χ1n) is 7.19. The molecule has 0 radical (unpaired) electrons. The maximum Gasteiger partial charge on any atom is 0.217 e. The van der Waals surface area contributed by atoms with Crippen molar-refractivity contribution in [3.63, 3.8) is 0 Å². The molecule has 3 nitrogen and oxygen atoms in total. The standard InChI is InChI=1S/C10H13NO.C8H11N/c1-8(11-9(2)12)10-6-4-3-5-7-10;1-2-7-4-3-5-8(9)6-7/h3-8H,1-2H3,(H,11,12);3-6H,2,9H2,1H3. The molecule has 2 aromatic carbocycles. The Kier molecular flexibility index (Phi) is 7.02. The van der Waals surface area contributed by atoms with Crippen LogP contribution in [0.3, 0.4) is 0 Å². The van der Waals surface area contributed by atoms with Crippen molar-refractivity contribution in [3.8, 4) is 0 Å². The Morgan fingerprint density at radius 1 is 1.14 bits per heavy atom. The molecule has 1 amide bonds. The van der Waals surface area contributed by atoms with Gasteiger partial charge in [0.05, 0.1) is 6.04 Å². The summed E-state index contributed by atoms with van der Waals surface area (Å²) in [7, 11) is 0. The predicted molar refractivity (Wildman–Crippen MR) is 88.9 cm³/mol. The van der Waals surface area contributed by atoms with Crippen LogP contribution in [0.25, 0.3) is 0 Å². The van der Waals surface area contributed by atoms with Gasteiger partial charge in [-0.1, -0.05) is 49.4 Å². The molecule has 3 N–H and O–H groups in total. The fourth-order valence-corrected chi connectivity index (χ4v) is 1.94. The summed E-state index contributed by atoms with van der Waals surface area (Å²) in [6.07, 6.45) is 1.06. The molecule has 0 saturated carbocycles. The number of benzene rings is 2. The van der Waals surface area contributed by atoms with E-state index in [2.05, 4.69) is 18.3 Å². The molecule has 2 rings (SSSR count). The minimum absolute atomic E-state index is 0.00588. The van der Waals surface area contributed by atoms with Gasteiger partial charge in [-0.05, 0) is 36.6 Å². The lowest BCUT2D eigenvalue weighted by atomic mass is 10.1. The quantitative estimate of drug-likeness (QED) is 0.844. The van der Waals surface area contributed by atoms with Crippen LogP contribution in [-0.4, -0.2) is 5.91 Å². The first-order chi connectivity index (χ1) is 10.0. The van der Waals surface area contributed by atoms with Crippen molar-refractivity contribution in [2.75, 3.05) is 5.73 Å². The van der Waals surface area contributed by atoms with E-state index in [9.17, 15) is 4.79 Å². The first kappa shape index (κ1) is 16.8. The second-order valence-electron chi connectivity index (χ2n) is 4.93. The molecular weight excluding hydrogens is 260 g/mol. The van der Waals surface area contributed by atoms with Gasteiger partial charge in [-0.25, -0.2) is 0 Å². The molecule has 0 spiro atoms. The summed E-state index contributed by atoms with van der Waals surface area (Å²) in [6.45, 7) is 5.62. The average molecular weight is 284 g/mol. The number of amides is 1. The number of anilines is 1. The summed E-state index contributed by atoms with van der Waals surface area (Å²) in [5, 5.41) is 2.82. The van der Waals surface area contributed by atoms with Crippen molar-refractivity contribution in [1.29, 1.82) is 0 Å². The van der Waals surface area contributed by atoms with Crippen LogP contribution >= 0.6 is 0 Å². The third-order valence-electron chi connectivity index (χ3n) is 3.08. The van der Waals surface area contributed by atoms with Crippen LogP contribution in [0.15, 0.2) is 54.6 Å². The van der Waals surface area contributed by atoms with Gasteiger partial charge >= 0.3 is 0 Å². The molecule has 21 heavy (non-hydrogen) atoms. The minimum atomic E-state index is 0.00588. The largest absolute Gasteiger partial charge is 0.399 e. The van der Waals surface area contributed by atoms with Crippen molar-refractivity contribution in [1.82, 2.24) is 5.32 Å². The Morgan fingerprint density at radius 2 is 1.81 bits per heavy atom. The summed E-state index contributed by atoms with van der Waals surface area (Å²) < 4.78 is 0. The lowest BCUT2D eigenvalue weighted by Gasteiger charge is -2.11. The van der Waals surface area contributed by atoms with Gasteiger partial charge in [0, 0.05) is 12.6 Å². The monoisotopic (exact) mass is 284 g/mol. The van der Waals surface area contributed by atoms with E-state index >= 15 is 0 Å². The van der Waals surface area contributed by atoms with Crippen molar-refractivity contribution >= 4 is 11.6 Å². The fraction of sp³-hybridized carbons (Fsp3) is 0.278. The highest BCUT2D eigenvalue weighted by molar-refractivity contribution is 5.73. The van der Waals surface area contributed by atoms with E-state index in [0.717, 1.165) is 17.7 Å². The molecule has 0 saturated heterocycles. The molecule has 0 heterocycles. The van der Waals surface area contributed by atoms with Crippen molar-refractivity contribution in [3.05, 3.63) is 65.7 Å². The van der Waals surface area contributed by atoms with Crippen LogP contribution in [0, 0.1) is 0 Å². The van der Waals surface area contributed by atoms with E-state index in [1.54, 1.807) is 0 Å². The Labute approximate surface area is 127 Å². The Balaban J connectivity index is 0.000000219. The molecule has 0 fully saturated rings. The number of aryl methyl sites for hydroxylation is 1. The van der Waals surface area contributed by atoms with E-state index < -0.39 is 0 Å². The van der Waals surface area contributed by atoms with Crippen molar-refractivity contribution in [2.45, 2.75) is 33.2 Å². The van der Waals surface area contributed by atoms with Gasteiger partial charge in [0.25, 0.3) is 0 Å². The zero-order chi connectivity index (χ0) is 15.7. The zero-order valence-corrected chi connectivity index (χ0v) is 13.0. The van der Waals surface area contributed by atoms with Crippen LogP contribution in [0.5, 0.6) is 0 Å². The summed E-state index contributed by atoms with van der Waals surface area (Å²) in [5.74, 6) is 0.00588. The molecule has 0 aliphatic carbocycles. The lowest BCUT2D eigenvalue weighted by molar-refractivity contribution is -0.119. The third kappa shape index (κ3) is 6.61. The van der Waals surface area contributed by atoms with E-state index in [1.807, 2.05) is 55.5 Å². The molecule has 0 bridgehead atoms. The molecular formula is C18H24N2O. The second-order valence-corrected chi connectivity index (χ2v) is 4.93. The van der Waals surface area contributed by atoms with E-state index in [0.29, 0.717) is 0 Å². The van der Waals surface area contributed by atoms with Crippen LogP contribution in [0.1, 0.15) is 37.9 Å². The van der Waals surface area contributed by atoms with Gasteiger partial charge in [-0.2, -0.15) is 0 Å². The maximum absolute atomic E-state index is 10.7. The number of rotatable bonds is 3. The number of hydrogen-bond donors (Lipinski definition) is 2. The molecule has 2 aromatic rings. The molecule has 1 atom stereocenters. The Morgan fingerprint density at radius 3 is 2.29 bits per heavy atom. The second kappa shape index (κ2) is 8.80. The average Bonchev–Trinajstić information content (AvgIpc) is 2.48. The number of carbonyl (C=O) groups excluding carboxylic acids is 1. The van der Waals surface area contributed by atoms with Crippen LogP contribution in [-0.2, 0) is 11.2 Å². The van der Waals surface area contributed by atoms with Gasteiger partial charge < -0.3 is 11.1 Å². The molecule has 0 aliphatic heterocycles. The molecule has 3 heteroatoms. The van der Waals surface area contributed by atoms with Gasteiger partial charge in [0.15, 0.2) is 0 Å². The normalized spacial score (nSPS) is 11.0. The number of hydrogen-bond acceptors (Lipinski definition) is 2. The van der Waals surface area contributed by atoms with E-state index in [4.69, 9.17) is 5.73 Å². The fourth-order valence-electron chi connectivity index (χ4n) is 1.94. The van der Waals surface area contributed by atoms with E-state index in [-0.39, 0.29) is 11.9 Å². The number of nitrogen functional groups attached to an aromatic ring is 1.